The highest BCUT2D eigenvalue weighted by atomic mass is 16.4. The lowest BCUT2D eigenvalue weighted by atomic mass is 9.97. The first-order valence-corrected chi connectivity index (χ1v) is 6.35. The first-order chi connectivity index (χ1) is 8.13. The van der Waals surface area contributed by atoms with Crippen LogP contribution in [0.3, 0.4) is 0 Å². The predicted octanol–water partition coefficient (Wildman–Crippen LogP) is 0.699. The van der Waals surface area contributed by atoms with E-state index in [0.717, 1.165) is 38.8 Å². The Morgan fingerprint density at radius 3 is 2.88 bits per heavy atom. The van der Waals surface area contributed by atoms with E-state index in [2.05, 4.69) is 12.2 Å². The van der Waals surface area contributed by atoms with Crippen molar-refractivity contribution in [2.45, 2.75) is 32.6 Å². The SMILES string of the molecule is CCCCNC(=O)C1CCCN(CC(=O)O)C1. The summed E-state index contributed by atoms with van der Waals surface area (Å²) < 4.78 is 0. The molecule has 0 aliphatic carbocycles. The van der Waals surface area contributed by atoms with E-state index in [-0.39, 0.29) is 18.4 Å². The van der Waals surface area contributed by atoms with E-state index in [1.807, 2.05) is 4.90 Å². The van der Waals surface area contributed by atoms with E-state index in [1.54, 1.807) is 0 Å². The van der Waals surface area contributed by atoms with Gasteiger partial charge in [0.25, 0.3) is 0 Å². The molecule has 1 unspecified atom stereocenters. The van der Waals surface area contributed by atoms with E-state index >= 15 is 0 Å². The average molecular weight is 242 g/mol. The lowest BCUT2D eigenvalue weighted by Gasteiger charge is -2.30. The van der Waals surface area contributed by atoms with Gasteiger partial charge in [-0.05, 0) is 25.8 Å². The highest BCUT2D eigenvalue weighted by Crippen LogP contribution is 2.16. The molecule has 1 amide bonds. The number of nitrogens with zero attached hydrogens (tertiary/aromatic N) is 1. The number of amides is 1. The number of unbranched alkanes of at least 4 members (excludes halogenated alkanes) is 1. The second kappa shape index (κ2) is 7.27. The number of carbonyl (C=O) groups excluding carboxylic acids is 1. The second-order valence-corrected chi connectivity index (χ2v) is 4.61. The highest BCUT2D eigenvalue weighted by Gasteiger charge is 2.26. The molecule has 1 atom stereocenters. The van der Waals surface area contributed by atoms with Gasteiger partial charge in [-0.15, -0.1) is 0 Å². The number of likely N-dealkylation sites (tertiary alicyclic amines) is 1. The molecule has 0 bridgehead atoms. The normalized spacial score (nSPS) is 21.1. The van der Waals surface area contributed by atoms with Crippen molar-refractivity contribution in [1.82, 2.24) is 10.2 Å². The maximum absolute atomic E-state index is 11.8. The molecule has 98 valence electrons. The van der Waals surface area contributed by atoms with Crippen LogP contribution in [0.1, 0.15) is 32.6 Å². The van der Waals surface area contributed by atoms with Crippen molar-refractivity contribution in [3.63, 3.8) is 0 Å². The van der Waals surface area contributed by atoms with Gasteiger partial charge in [0.1, 0.15) is 0 Å². The Morgan fingerprint density at radius 1 is 1.47 bits per heavy atom. The Morgan fingerprint density at radius 2 is 2.24 bits per heavy atom. The van der Waals surface area contributed by atoms with E-state index in [9.17, 15) is 9.59 Å². The minimum Gasteiger partial charge on any atom is -0.480 e. The van der Waals surface area contributed by atoms with Gasteiger partial charge in [0.2, 0.25) is 5.91 Å². The van der Waals surface area contributed by atoms with Crippen LogP contribution < -0.4 is 5.32 Å². The Kier molecular flexibility index (Phi) is 5.97. The van der Waals surface area contributed by atoms with Crippen LogP contribution in [0.25, 0.3) is 0 Å². The molecule has 5 heteroatoms. The summed E-state index contributed by atoms with van der Waals surface area (Å²) in [5.41, 5.74) is 0. The summed E-state index contributed by atoms with van der Waals surface area (Å²) in [5.74, 6) is -0.787. The zero-order valence-electron chi connectivity index (χ0n) is 10.4. The molecule has 1 saturated heterocycles. The molecular formula is C12H22N2O3. The summed E-state index contributed by atoms with van der Waals surface area (Å²) in [6, 6.07) is 0. The number of nitrogens with one attached hydrogen (secondary N) is 1. The maximum atomic E-state index is 11.8. The molecule has 1 rings (SSSR count). The minimum absolute atomic E-state index is 0.0404. The Bertz CT molecular complexity index is 268. The molecule has 1 heterocycles. The van der Waals surface area contributed by atoms with E-state index in [1.165, 1.54) is 0 Å². The average Bonchev–Trinajstić information content (AvgIpc) is 2.28. The van der Waals surface area contributed by atoms with Gasteiger partial charge in [-0.3, -0.25) is 14.5 Å². The molecule has 0 radical (unpaired) electrons. The number of carboxylic acids is 1. The van der Waals surface area contributed by atoms with Crippen LogP contribution in [0.5, 0.6) is 0 Å². The molecule has 17 heavy (non-hydrogen) atoms. The fraction of sp³-hybridized carbons (Fsp3) is 0.833. The van der Waals surface area contributed by atoms with Crippen LogP contribution in [0, 0.1) is 5.92 Å². The predicted molar refractivity (Wildman–Crippen MR) is 64.7 cm³/mol. The van der Waals surface area contributed by atoms with E-state index in [0.29, 0.717) is 6.54 Å². The molecule has 0 aromatic heterocycles. The minimum atomic E-state index is -0.822. The molecular weight excluding hydrogens is 220 g/mol. The van der Waals surface area contributed by atoms with E-state index < -0.39 is 5.97 Å². The van der Waals surface area contributed by atoms with Crippen molar-refractivity contribution in [3.8, 4) is 0 Å². The van der Waals surface area contributed by atoms with Gasteiger partial charge >= 0.3 is 5.97 Å². The van der Waals surface area contributed by atoms with Gasteiger partial charge in [0.05, 0.1) is 12.5 Å². The van der Waals surface area contributed by atoms with Crippen molar-refractivity contribution in [3.05, 3.63) is 0 Å². The Hall–Kier alpha value is -1.10. The number of hydrogen-bond donors (Lipinski definition) is 2. The molecule has 0 spiro atoms. The lowest BCUT2D eigenvalue weighted by molar-refractivity contribution is -0.139. The fourth-order valence-electron chi connectivity index (χ4n) is 2.14. The largest absolute Gasteiger partial charge is 0.480 e. The number of carboxylic acid groups (broad SMARTS) is 1. The summed E-state index contributed by atoms with van der Waals surface area (Å²) in [5, 5.41) is 11.6. The first kappa shape index (κ1) is 14.0. The van der Waals surface area contributed by atoms with Crippen molar-refractivity contribution < 1.29 is 14.7 Å². The van der Waals surface area contributed by atoms with Crippen molar-refractivity contribution in [2.24, 2.45) is 5.92 Å². The van der Waals surface area contributed by atoms with Crippen LogP contribution >= 0.6 is 0 Å². The number of aliphatic carboxylic acids is 1. The van der Waals surface area contributed by atoms with Crippen LogP contribution in [0.2, 0.25) is 0 Å². The molecule has 1 aliphatic rings. The van der Waals surface area contributed by atoms with Gasteiger partial charge in [0, 0.05) is 13.1 Å². The maximum Gasteiger partial charge on any atom is 0.317 e. The van der Waals surface area contributed by atoms with Gasteiger partial charge in [-0.25, -0.2) is 0 Å². The molecule has 5 nitrogen and oxygen atoms in total. The molecule has 0 aromatic rings. The smallest absolute Gasteiger partial charge is 0.317 e. The van der Waals surface area contributed by atoms with Crippen LogP contribution in [0.15, 0.2) is 0 Å². The van der Waals surface area contributed by atoms with Crippen LogP contribution in [-0.2, 0) is 9.59 Å². The molecule has 0 saturated carbocycles. The van der Waals surface area contributed by atoms with Crippen molar-refractivity contribution in [2.75, 3.05) is 26.2 Å². The quantitative estimate of drug-likeness (QED) is 0.673. The van der Waals surface area contributed by atoms with Gasteiger partial charge in [-0.1, -0.05) is 13.3 Å². The molecule has 0 aromatic carbocycles. The third-order valence-electron chi connectivity index (χ3n) is 3.06. The summed E-state index contributed by atoms with van der Waals surface area (Å²) in [6.45, 7) is 4.21. The highest BCUT2D eigenvalue weighted by molar-refractivity contribution is 5.79. The van der Waals surface area contributed by atoms with Crippen molar-refractivity contribution in [1.29, 1.82) is 0 Å². The molecule has 1 aliphatic heterocycles. The number of hydrogen-bond acceptors (Lipinski definition) is 3. The van der Waals surface area contributed by atoms with Crippen LogP contribution in [-0.4, -0.2) is 48.1 Å². The monoisotopic (exact) mass is 242 g/mol. The summed E-state index contributed by atoms with van der Waals surface area (Å²) in [4.78, 5) is 24.3. The number of rotatable bonds is 6. The number of carbonyl (C=O) groups is 2. The molecule has 1 fully saturated rings. The van der Waals surface area contributed by atoms with Crippen molar-refractivity contribution >= 4 is 11.9 Å². The third kappa shape index (κ3) is 5.17. The first-order valence-electron chi connectivity index (χ1n) is 6.35. The topological polar surface area (TPSA) is 69.6 Å². The summed E-state index contributed by atoms with van der Waals surface area (Å²) in [7, 11) is 0. The standard InChI is InChI=1S/C12H22N2O3/c1-2-3-6-13-12(17)10-5-4-7-14(8-10)9-11(15)16/h10H,2-9H2,1H3,(H,13,17)(H,15,16). The summed E-state index contributed by atoms with van der Waals surface area (Å²) in [6.07, 6.45) is 3.83. The summed E-state index contributed by atoms with van der Waals surface area (Å²) >= 11 is 0. The Balaban J connectivity index is 2.32. The van der Waals surface area contributed by atoms with Gasteiger partial charge in [0.15, 0.2) is 0 Å². The van der Waals surface area contributed by atoms with Gasteiger partial charge in [-0.2, -0.15) is 0 Å². The Labute approximate surface area is 102 Å². The van der Waals surface area contributed by atoms with Gasteiger partial charge < -0.3 is 10.4 Å². The third-order valence-corrected chi connectivity index (χ3v) is 3.06. The second-order valence-electron chi connectivity index (χ2n) is 4.61. The van der Waals surface area contributed by atoms with Crippen LogP contribution in [0.4, 0.5) is 0 Å². The lowest BCUT2D eigenvalue weighted by Crippen LogP contribution is -2.44. The fourth-order valence-corrected chi connectivity index (χ4v) is 2.14. The molecule has 2 N–H and O–H groups in total. The zero-order valence-corrected chi connectivity index (χ0v) is 10.4. The zero-order chi connectivity index (χ0) is 12.7. The van der Waals surface area contributed by atoms with E-state index in [4.69, 9.17) is 5.11 Å². The number of piperidine rings is 1.